The van der Waals surface area contributed by atoms with Crippen LogP contribution in [-0.4, -0.2) is 11.7 Å². The molecule has 1 atom stereocenters. The third kappa shape index (κ3) is 2.32. The summed E-state index contributed by atoms with van der Waals surface area (Å²) in [6.07, 6.45) is 2.62. The first-order chi connectivity index (χ1) is 8.06. The second-order valence-corrected chi connectivity index (χ2v) is 5.53. The van der Waals surface area contributed by atoms with Crippen LogP contribution >= 0.6 is 0 Å². The molecule has 0 amide bonds. The van der Waals surface area contributed by atoms with E-state index in [0.29, 0.717) is 0 Å². The Morgan fingerprint density at radius 1 is 1.41 bits per heavy atom. The van der Waals surface area contributed by atoms with Gasteiger partial charge in [-0.05, 0) is 30.2 Å². The van der Waals surface area contributed by atoms with Crippen molar-refractivity contribution in [2.24, 2.45) is 5.41 Å². The van der Waals surface area contributed by atoms with E-state index in [1.807, 2.05) is 12.1 Å². The van der Waals surface area contributed by atoms with E-state index in [9.17, 15) is 5.11 Å². The second kappa shape index (κ2) is 4.69. The lowest BCUT2D eigenvalue weighted by atomic mass is 9.79. The van der Waals surface area contributed by atoms with Crippen LogP contribution in [0, 0.1) is 5.41 Å². The molecule has 2 rings (SSSR count). The zero-order chi connectivity index (χ0) is 12.5. The number of ether oxygens (including phenoxy) is 1. The molecule has 2 heteroatoms. The lowest BCUT2D eigenvalue weighted by Gasteiger charge is -2.32. The van der Waals surface area contributed by atoms with Gasteiger partial charge >= 0.3 is 0 Å². The van der Waals surface area contributed by atoms with Crippen LogP contribution in [0.4, 0.5) is 0 Å². The SMILES string of the molecule is CCC(C)(C)C(O)c1cccc2c1OCCC2. The van der Waals surface area contributed by atoms with E-state index in [4.69, 9.17) is 4.74 Å². The molecule has 0 radical (unpaired) electrons. The van der Waals surface area contributed by atoms with Crippen LogP contribution in [0.25, 0.3) is 0 Å². The van der Waals surface area contributed by atoms with Gasteiger partial charge in [0.05, 0.1) is 12.7 Å². The van der Waals surface area contributed by atoms with Gasteiger partial charge in [0, 0.05) is 5.56 Å². The zero-order valence-electron chi connectivity index (χ0n) is 11.0. The molecule has 94 valence electrons. The minimum atomic E-state index is -0.458. The summed E-state index contributed by atoms with van der Waals surface area (Å²) in [5.74, 6) is 0.924. The van der Waals surface area contributed by atoms with Crippen LogP contribution in [0.3, 0.4) is 0 Å². The lowest BCUT2D eigenvalue weighted by Crippen LogP contribution is -2.23. The van der Waals surface area contributed by atoms with E-state index in [0.717, 1.165) is 37.2 Å². The molecule has 0 saturated carbocycles. The zero-order valence-corrected chi connectivity index (χ0v) is 11.0. The molecule has 17 heavy (non-hydrogen) atoms. The molecule has 1 heterocycles. The summed E-state index contributed by atoms with van der Waals surface area (Å²) in [5, 5.41) is 10.5. The van der Waals surface area contributed by atoms with E-state index in [1.54, 1.807) is 0 Å². The van der Waals surface area contributed by atoms with E-state index in [-0.39, 0.29) is 5.41 Å². The van der Waals surface area contributed by atoms with Gasteiger partial charge in [-0.15, -0.1) is 0 Å². The highest BCUT2D eigenvalue weighted by Gasteiger charge is 2.30. The summed E-state index contributed by atoms with van der Waals surface area (Å²) < 4.78 is 5.76. The Kier molecular flexibility index (Phi) is 3.43. The van der Waals surface area contributed by atoms with Crippen molar-refractivity contribution in [2.45, 2.75) is 46.1 Å². The van der Waals surface area contributed by atoms with Gasteiger partial charge in [-0.25, -0.2) is 0 Å². The largest absolute Gasteiger partial charge is 0.493 e. The number of aryl methyl sites for hydroxylation is 1. The molecule has 1 unspecified atom stereocenters. The van der Waals surface area contributed by atoms with Crippen LogP contribution in [0.1, 0.15) is 50.8 Å². The molecule has 1 aromatic rings. The van der Waals surface area contributed by atoms with Gasteiger partial charge < -0.3 is 9.84 Å². The first kappa shape index (κ1) is 12.4. The number of hydrogen-bond donors (Lipinski definition) is 1. The first-order valence-electron chi connectivity index (χ1n) is 6.49. The van der Waals surface area contributed by atoms with Crippen molar-refractivity contribution >= 4 is 0 Å². The van der Waals surface area contributed by atoms with E-state index >= 15 is 0 Å². The minimum Gasteiger partial charge on any atom is -0.493 e. The molecule has 0 aliphatic carbocycles. The van der Waals surface area contributed by atoms with Crippen molar-refractivity contribution in [2.75, 3.05) is 6.61 Å². The standard InChI is InChI=1S/C15H22O2/c1-4-15(2,3)14(16)12-9-5-7-11-8-6-10-17-13(11)12/h5,7,9,14,16H,4,6,8,10H2,1-3H3. The van der Waals surface area contributed by atoms with Crippen LogP contribution in [-0.2, 0) is 6.42 Å². The second-order valence-electron chi connectivity index (χ2n) is 5.53. The Morgan fingerprint density at radius 2 is 2.18 bits per heavy atom. The normalized spacial score (nSPS) is 17.2. The summed E-state index contributed by atoms with van der Waals surface area (Å²) in [4.78, 5) is 0. The smallest absolute Gasteiger partial charge is 0.128 e. The number of fused-ring (bicyclic) bond motifs is 1. The molecule has 0 aromatic heterocycles. The Labute approximate surface area is 104 Å². The van der Waals surface area contributed by atoms with Gasteiger partial charge in [-0.3, -0.25) is 0 Å². The fourth-order valence-electron chi connectivity index (χ4n) is 2.24. The number of rotatable bonds is 3. The maximum atomic E-state index is 10.5. The highest BCUT2D eigenvalue weighted by molar-refractivity contribution is 5.44. The molecular weight excluding hydrogens is 212 g/mol. The molecule has 1 aliphatic rings. The maximum Gasteiger partial charge on any atom is 0.128 e. The maximum absolute atomic E-state index is 10.5. The molecule has 0 fully saturated rings. The molecule has 0 saturated heterocycles. The summed E-state index contributed by atoms with van der Waals surface area (Å²) >= 11 is 0. The van der Waals surface area contributed by atoms with Crippen molar-refractivity contribution in [3.63, 3.8) is 0 Å². The average molecular weight is 234 g/mol. The predicted molar refractivity (Wildman–Crippen MR) is 69.3 cm³/mol. The Balaban J connectivity index is 2.39. The summed E-state index contributed by atoms with van der Waals surface area (Å²) in [6.45, 7) is 7.07. The fraction of sp³-hybridized carbons (Fsp3) is 0.600. The van der Waals surface area contributed by atoms with Crippen LogP contribution in [0.5, 0.6) is 5.75 Å². The average Bonchev–Trinajstić information content (AvgIpc) is 2.37. The van der Waals surface area contributed by atoms with Crippen molar-refractivity contribution in [1.29, 1.82) is 0 Å². The number of aliphatic hydroxyl groups excluding tert-OH is 1. The molecule has 1 aromatic carbocycles. The third-order valence-corrected chi connectivity index (χ3v) is 3.91. The van der Waals surface area contributed by atoms with Crippen LogP contribution < -0.4 is 4.74 Å². The van der Waals surface area contributed by atoms with Gasteiger partial charge in [-0.2, -0.15) is 0 Å². The summed E-state index contributed by atoms with van der Waals surface area (Å²) in [6, 6.07) is 6.12. The monoisotopic (exact) mass is 234 g/mol. The predicted octanol–water partition coefficient (Wildman–Crippen LogP) is 3.48. The minimum absolute atomic E-state index is 0.115. The Morgan fingerprint density at radius 3 is 2.88 bits per heavy atom. The highest BCUT2D eigenvalue weighted by Crippen LogP contribution is 2.42. The number of hydrogen-bond acceptors (Lipinski definition) is 2. The molecule has 0 spiro atoms. The van der Waals surface area contributed by atoms with Crippen molar-refractivity contribution < 1.29 is 9.84 Å². The molecule has 1 N–H and O–H groups in total. The van der Waals surface area contributed by atoms with Crippen LogP contribution in [0.2, 0.25) is 0 Å². The summed E-state index contributed by atoms with van der Waals surface area (Å²) in [5.41, 5.74) is 2.07. The third-order valence-electron chi connectivity index (χ3n) is 3.91. The van der Waals surface area contributed by atoms with Crippen molar-refractivity contribution in [3.05, 3.63) is 29.3 Å². The van der Waals surface area contributed by atoms with Crippen molar-refractivity contribution in [3.8, 4) is 5.75 Å². The highest BCUT2D eigenvalue weighted by atomic mass is 16.5. The molecule has 1 aliphatic heterocycles. The first-order valence-corrected chi connectivity index (χ1v) is 6.49. The molecule has 2 nitrogen and oxygen atoms in total. The van der Waals surface area contributed by atoms with Crippen LogP contribution in [0.15, 0.2) is 18.2 Å². The Bertz CT molecular complexity index is 396. The summed E-state index contributed by atoms with van der Waals surface area (Å²) in [7, 11) is 0. The number of benzene rings is 1. The van der Waals surface area contributed by atoms with Gasteiger partial charge in [0.1, 0.15) is 5.75 Å². The van der Waals surface area contributed by atoms with Gasteiger partial charge in [0.2, 0.25) is 0 Å². The number of aliphatic hydroxyl groups is 1. The Hall–Kier alpha value is -1.02. The number of para-hydroxylation sites is 1. The van der Waals surface area contributed by atoms with Gasteiger partial charge in [0.25, 0.3) is 0 Å². The van der Waals surface area contributed by atoms with E-state index < -0.39 is 6.10 Å². The molecule has 0 bridgehead atoms. The van der Waals surface area contributed by atoms with E-state index in [1.165, 1.54) is 5.56 Å². The lowest BCUT2D eigenvalue weighted by molar-refractivity contribution is 0.0435. The quantitative estimate of drug-likeness (QED) is 0.867. The molecular formula is C15H22O2. The van der Waals surface area contributed by atoms with Crippen molar-refractivity contribution in [1.82, 2.24) is 0 Å². The fourth-order valence-corrected chi connectivity index (χ4v) is 2.24. The van der Waals surface area contributed by atoms with Gasteiger partial charge in [0.15, 0.2) is 0 Å². The van der Waals surface area contributed by atoms with E-state index in [2.05, 4.69) is 26.8 Å². The van der Waals surface area contributed by atoms with Gasteiger partial charge in [-0.1, -0.05) is 39.0 Å². The topological polar surface area (TPSA) is 29.5 Å².